The Morgan fingerprint density at radius 1 is 1.00 bits per heavy atom. The van der Waals surface area contributed by atoms with Gasteiger partial charge >= 0.3 is 0 Å². The molecule has 1 aromatic rings. The molecule has 0 aromatic carbocycles. The summed E-state index contributed by atoms with van der Waals surface area (Å²) in [5.74, 6) is 0.339. The molecule has 3 aliphatic carbocycles. The summed E-state index contributed by atoms with van der Waals surface area (Å²) < 4.78 is 0. The Bertz CT molecular complexity index is 628. The van der Waals surface area contributed by atoms with E-state index in [1.165, 1.54) is 17.7 Å². The topological polar surface area (TPSA) is 50.3 Å². The van der Waals surface area contributed by atoms with Crippen molar-refractivity contribution in [2.24, 2.45) is 29.1 Å². The second-order valence-corrected chi connectivity index (χ2v) is 6.44. The molecule has 0 N–H and O–H groups in total. The first-order chi connectivity index (χ1) is 9.74. The first-order valence-corrected chi connectivity index (χ1v) is 7.20. The number of pyridine rings is 1. The minimum absolute atomic E-state index is 0.00525. The summed E-state index contributed by atoms with van der Waals surface area (Å²) in [5.41, 5.74) is 0.930. The Hall–Kier alpha value is -1.97. The predicted octanol–water partition coefficient (Wildman–Crippen LogP) is 1.78. The third kappa shape index (κ3) is 1.00. The van der Waals surface area contributed by atoms with Crippen LogP contribution in [0.5, 0.6) is 0 Å². The molecule has 2 amide bonds. The van der Waals surface area contributed by atoms with E-state index in [-0.39, 0.29) is 29.1 Å². The maximum Gasteiger partial charge on any atom is 0.238 e. The van der Waals surface area contributed by atoms with Crippen molar-refractivity contribution in [1.29, 1.82) is 0 Å². The van der Waals surface area contributed by atoms with Crippen LogP contribution < -0.4 is 4.90 Å². The van der Waals surface area contributed by atoms with Gasteiger partial charge in [0.05, 0.1) is 17.5 Å². The molecule has 1 aliphatic heterocycles. The highest BCUT2D eigenvalue weighted by molar-refractivity contribution is 6.23. The lowest BCUT2D eigenvalue weighted by molar-refractivity contribution is -0.123. The molecule has 2 bridgehead atoms. The highest BCUT2D eigenvalue weighted by Crippen LogP contribution is 2.73. The van der Waals surface area contributed by atoms with Crippen LogP contribution in [0.3, 0.4) is 0 Å². The Balaban J connectivity index is 1.60. The minimum Gasteiger partial charge on any atom is -0.274 e. The van der Waals surface area contributed by atoms with Crippen molar-refractivity contribution < 1.29 is 9.59 Å². The standard InChI is InChI=1S/C16H14N2O2/c19-14-12-10-1-2-11(16(10)5-6-16)13(12)15(20)18(14)9-3-7-17-8-4-9/h1-4,7-8,10-13H,5-6H2/t10-,11-,12-,13+/m1/s1. The maximum absolute atomic E-state index is 12.8. The summed E-state index contributed by atoms with van der Waals surface area (Å²) in [5, 5.41) is 0. The number of carbonyl (C=O) groups excluding carboxylic acids is 2. The van der Waals surface area contributed by atoms with Gasteiger partial charge in [-0.2, -0.15) is 0 Å². The molecule has 20 heavy (non-hydrogen) atoms. The van der Waals surface area contributed by atoms with Crippen molar-refractivity contribution in [2.45, 2.75) is 12.8 Å². The number of allylic oxidation sites excluding steroid dienone is 2. The number of rotatable bonds is 1. The van der Waals surface area contributed by atoms with E-state index in [1.54, 1.807) is 24.5 Å². The fourth-order valence-corrected chi connectivity index (χ4v) is 4.83. The van der Waals surface area contributed by atoms with Gasteiger partial charge in [0.2, 0.25) is 11.8 Å². The van der Waals surface area contributed by atoms with Gasteiger partial charge in [-0.05, 0) is 42.2 Å². The van der Waals surface area contributed by atoms with Gasteiger partial charge in [0.15, 0.2) is 0 Å². The predicted molar refractivity (Wildman–Crippen MR) is 71.5 cm³/mol. The van der Waals surface area contributed by atoms with E-state index in [9.17, 15) is 9.59 Å². The molecule has 5 rings (SSSR count). The van der Waals surface area contributed by atoms with Crippen molar-refractivity contribution >= 4 is 17.5 Å². The Morgan fingerprint density at radius 2 is 1.55 bits per heavy atom. The molecule has 3 fully saturated rings. The van der Waals surface area contributed by atoms with Crippen molar-refractivity contribution in [3.63, 3.8) is 0 Å². The third-order valence-electron chi connectivity index (χ3n) is 5.77. The van der Waals surface area contributed by atoms with Crippen LogP contribution in [0.15, 0.2) is 36.7 Å². The van der Waals surface area contributed by atoms with E-state index in [2.05, 4.69) is 17.1 Å². The molecule has 0 radical (unpaired) electrons. The number of amides is 2. The zero-order chi connectivity index (χ0) is 13.5. The summed E-state index contributed by atoms with van der Waals surface area (Å²) in [7, 11) is 0. The molecule has 2 saturated carbocycles. The van der Waals surface area contributed by atoms with Gasteiger partial charge in [-0.25, -0.2) is 4.90 Å². The van der Waals surface area contributed by atoms with Crippen LogP contribution in [0.2, 0.25) is 0 Å². The minimum atomic E-state index is -0.117. The van der Waals surface area contributed by atoms with Crippen molar-refractivity contribution in [1.82, 2.24) is 4.98 Å². The van der Waals surface area contributed by atoms with Gasteiger partial charge in [-0.3, -0.25) is 14.6 Å². The SMILES string of the molecule is O=C1[C@@H]2[C@H](C(=O)N1c1ccncc1)[C@H]1C=C[C@H]2C12CC2. The monoisotopic (exact) mass is 266 g/mol. The summed E-state index contributed by atoms with van der Waals surface area (Å²) in [6.07, 6.45) is 9.99. The lowest BCUT2D eigenvalue weighted by atomic mass is 9.85. The van der Waals surface area contributed by atoms with Gasteiger partial charge < -0.3 is 0 Å². The van der Waals surface area contributed by atoms with Crippen LogP contribution in [-0.2, 0) is 9.59 Å². The summed E-state index contributed by atoms with van der Waals surface area (Å²) in [4.78, 5) is 30.8. The van der Waals surface area contributed by atoms with Gasteiger partial charge in [0, 0.05) is 12.4 Å². The first-order valence-electron chi connectivity index (χ1n) is 7.20. The van der Waals surface area contributed by atoms with Crippen molar-refractivity contribution in [3.05, 3.63) is 36.7 Å². The normalized spacial score (nSPS) is 38.9. The average Bonchev–Trinajstić information content (AvgIpc) is 3.06. The molecule has 1 saturated heterocycles. The molecule has 4 aliphatic rings. The summed E-state index contributed by atoms with van der Waals surface area (Å²) >= 11 is 0. The lowest BCUT2D eigenvalue weighted by Crippen LogP contribution is -2.34. The molecule has 4 heteroatoms. The fourth-order valence-electron chi connectivity index (χ4n) is 4.83. The van der Waals surface area contributed by atoms with Gasteiger partial charge in [0.1, 0.15) is 0 Å². The van der Waals surface area contributed by atoms with E-state index in [1.807, 2.05) is 0 Å². The molecular formula is C16H14N2O2. The van der Waals surface area contributed by atoms with E-state index in [0.717, 1.165) is 0 Å². The molecule has 4 atom stereocenters. The summed E-state index contributed by atoms with van der Waals surface area (Å²) in [6.45, 7) is 0. The highest BCUT2D eigenvalue weighted by atomic mass is 16.2. The summed E-state index contributed by atoms with van der Waals surface area (Å²) in [6, 6.07) is 3.47. The molecule has 100 valence electrons. The fraction of sp³-hybridized carbons (Fsp3) is 0.438. The van der Waals surface area contributed by atoms with Crippen LogP contribution in [0.25, 0.3) is 0 Å². The van der Waals surface area contributed by atoms with Gasteiger partial charge in [-0.15, -0.1) is 0 Å². The molecule has 1 aromatic heterocycles. The van der Waals surface area contributed by atoms with Crippen LogP contribution in [0.4, 0.5) is 5.69 Å². The Labute approximate surface area is 116 Å². The van der Waals surface area contributed by atoms with Crippen LogP contribution >= 0.6 is 0 Å². The molecule has 0 unspecified atom stereocenters. The Morgan fingerprint density at radius 3 is 2.05 bits per heavy atom. The maximum atomic E-state index is 12.8. The van der Waals surface area contributed by atoms with Crippen LogP contribution in [-0.4, -0.2) is 16.8 Å². The quantitative estimate of drug-likeness (QED) is 0.575. The number of hydrogen-bond acceptors (Lipinski definition) is 3. The number of carbonyl (C=O) groups is 2. The zero-order valence-electron chi connectivity index (χ0n) is 10.9. The number of fused-ring (bicyclic) bond motifs is 3. The zero-order valence-corrected chi connectivity index (χ0v) is 10.9. The van der Waals surface area contributed by atoms with Crippen molar-refractivity contribution in [3.8, 4) is 0 Å². The number of imide groups is 1. The van der Waals surface area contributed by atoms with Crippen LogP contribution in [0, 0.1) is 29.1 Å². The van der Waals surface area contributed by atoms with Crippen molar-refractivity contribution in [2.75, 3.05) is 4.90 Å². The van der Waals surface area contributed by atoms with E-state index in [0.29, 0.717) is 17.5 Å². The average molecular weight is 266 g/mol. The van der Waals surface area contributed by atoms with E-state index >= 15 is 0 Å². The van der Waals surface area contributed by atoms with Gasteiger partial charge in [0.25, 0.3) is 0 Å². The molecule has 2 heterocycles. The number of nitrogens with zero attached hydrogens (tertiary/aromatic N) is 2. The first kappa shape index (κ1) is 10.8. The number of anilines is 1. The van der Waals surface area contributed by atoms with Crippen LogP contribution in [0.1, 0.15) is 12.8 Å². The Kier molecular flexibility index (Phi) is 1.72. The number of aromatic nitrogens is 1. The molecule has 1 spiro atoms. The second kappa shape index (κ2) is 3.19. The smallest absolute Gasteiger partial charge is 0.238 e. The highest BCUT2D eigenvalue weighted by Gasteiger charge is 2.73. The van der Waals surface area contributed by atoms with E-state index in [4.69, 9.17) is 0 Å². The number of hydrogen-bond donors (Lipinski definition) is 0. The second-order valence-electron chi connectivity index (χ2n) is 6.44. The van der Waals surface area contributed by atoms with Gasteiger partial charge in [-0.1, -0.05) is 12.2 Å². The van der Waals surface area contributed by atoms with E-state index < -0.39 is 0 Å². The lowest BCUT2D eigenvalue weighted by Gasteiger charge is -2.21. The molecule has 4 nitrogen and oxygen atoms in total. The third-order valence-corrected chi connectivity index (χ3v) is 5.77. The molecular weight excluding hydrogens is 252 g/mol. The largest absolute Gasteiger partial charge is 0.274 e.